The molecule has 0 aliphatic carbocycles. The minimum Gasteiger partial charge on any atom is -0.257 e. The van der Waals surface area contributed by atoms with E-state index in [9.17, 15) is 0 Å². The predicted molar refractivity (Wildman–Crippen MR) is 100 cm³/mol. The maximum absolute atomic E-state index is 4.97. The summed E-state index contributed by atoms with van der Waals surface area (Å²) in [5.41, 5.74) is 6.06. The van der Waals surface area contributed by atoms with Gasteiger partial charge in [-0.3, -0.25) is 5.01 Å². The van der Waals surface area contributed by atoms with Crippen molar-refractivity contribution in [3.8, 4) is 0 Å². The highest BCUT2D eigenvalue weighted by Crippen LogP contribution is 2.36. The van der Waals surface area contributed by atoms with Crippen molar-refractivity contribution in [2.45, 2.75) is 19.4 Å². The topological polar surface area (TPSA) is 15.6 Å². The summed E-state index contributed by atoms with van der Waals surface area (Å²) in [7, 11) is 0. The van der Waals surface area contributed by atoms with E-state index in [1.165, 1.54) is 16.7 Å². The first-order valence-electron chi connectivity index (χ1n) is 8.35. The molecule has 2 nitrogen and oxygen atoms in total. The maximum atomic E-state index is 4.97. The number of nitrogens with zero attached hydrogens (tertiary/aromatic N) is 2. The molecule has 0 radical (unpaired) electrons. The molecule has 0 fully saturated rings. The van der Waals surface area contributed by atoms with Crippen LogP contribution in [0, 0.1) is 6.92 Å². The second kappa shape index (κ2) is 6.32. The SMILES string of the molecule is Cc1ccc(C2=NN(c3ccccc3)[C@H](c3ccccc3)C2)cc1. The number of para-hydroxylation sites is 1. The second-order valence-corrected chi connectivity index (χ2v) is 6.22. The Balaban J connectivity index is 1.74. The Kier molecular flexibility index (Phi) is 3.87. The van der Waals surface area contributed by atoms with Gasteiger partial charge in [0.1, 0.15) is 0 Å². The molecule has 3 aromatic rings. The van der Waals surface area contributed by atoms with Gasteiger partial charge < -0.3 is 0 Å². The molecular formula is C22H20N2. The lowest BCUT2D eigenvalue weighted by atomic mass is 9.98. The van der Waals surface area contributed by atoms with E-state index in [-0.39, 0.29) is 6.04 Å². The Hall–Kier alpha value is -2.87. The standard InChI is InChI=1S/C22H20N2/c1-17-12-14-18(15-13-17)21-16-22(19-8-4-2-5-9-19)24(23-21)20-10-6-3-7-11-20/h2-15,22H,16H2,1H3/t22-/m0/s1. The van der Waals surface area contributed by atoms with Crippen molar-refractivity contribution in [3.63, 3.8) is 0 Å². The first-order valence-corrected chi connectivity index (χ1v) is 8.35. The van der Waals surface area contributed by atoms with Gasteiger partial charge in [0, 0.05) is 6.42 Å². The molecule has 2 heteroatoms. The zero-order chi connectivity index (χ0) is 16.4. The molecular weight excluding hydrogens is 292 g/mol. The Labute approximate surface area is 143 Å². The van der Waals surface area contributed by atoms with Crippen molar-refractivity contribution in [1.82, 2.24) is 0 Å². The van der Waals surface area contributed by atoms with Crippen LogP contribution in [0.5, 0.6) is 0 Å². The molecule has 1 aliphatic rings. The van der Waals surface area contributed by atoms with Crippen molar-refractivity contribution >= 4 is 11.4 Å². The summed E-state index contributed by atoms with van der Waals surface area (Å²) < 4.78 is 0. The molecule has 0 bridgehead atoms. The lowest BCUT2D eigenvalue weighted by molar-refractivity contribution is 0.709. The van der Waals surface area contributed by atoms with Crippen LogP contribution in [0.3, 0.4) is 0 Å². The molecule has 1 heterocycles. The minimum atomic E-state index is 0.241. The van der Waals surface area contributed by atoms with E-state index in [2.05, 4.69) is 90.8 Å². The van der Waals surface area contributed by atoms with Crippen molar-refractivity contribution in [3.05, 3.63) is 102 Å². The fourth-order valence-electron chi connectivity index (χ4n) is 3.18. The monoisotopic (exact) mass is 312 g/mol. The quantitative estimate of drug-likeness (QED) is 0.636. The lowest BCUT2D eigenvalue weighted by Gasteiger charge is -2.23. The Morgan fingerprint density at radius 3 is 2.08 bits per heavy atom. The Morgan fingerprint density at radius 1 is 0.792 bits per heavy atom. The highest BCUT2D eigenvalue weighted by molar-refractivity contribution is 6.03. The summed E-state index contributed by atoms with van der Waals surface area (Å²) in [4.78, 5) is 0. The van der Waals surface area contributed by atoms with E-state index in [4.69, 9.17) is 5.10 Å². The van der Waals surface area contributed by atoms with E-state index >= 15 is 0 Å². The summed E-state index contributed by atoms with van der Waals surface area (Å²) in [6.45, 7) is 2.11. The molecule has 118 valence electrons. The van der Waals surface area contributed by atoms with Gasteiger partial charge in [-0.1, -0.05) is 78.4 Å². The highest BCUT2D eigenvalue weighted by atomic mass is 15.5. The van der Waals surface area contributed by atoms with Crippen LogP contribution in [-0.4, -0.2) is 5.71 Å². The third-order valence-corrected chi connectivity index (χ3v) is 4.50. The van der Waals surface area contributed by atoms with Gasteiger partial charge >= 0.3 is 0 Å². The van der Waals surface area contributed by atoms with Crippen LogP contribution in [-0.2, 0) is 0 Å². The zero-order valence-electron chi connectivity index (χ0n) is 13.8. The summed E-state index contributed by atoms with van der Waals surface area (Å²) in [5.74, 6) is 0. The number of anilines is 1. The van der Waals surface area contributed by atoms with E-state index in [1.54, 1.807) is 0 Å². The predicted octanol–water partition coefficient (Wildman–Crippen LogP) is 5.35. The Morgan fingerprint density at radius 2 is 1.42 bits per heavy atom. The second-order valence-electron chi connectivity index (χ2n) is 6.22. The lowest BCUT2D eigenvalue weighted by Crippen LogP contribution is -2.18. The van der Waals surface area contributed by atoms with Crippen molar-refractivity contribution in [2.24, 2.45) is 5.10 Å². The normalized spacial score (nSPS) is 17.0. The average molecular weight is 312 g/mol. The van der Waals surface area contributed by atoms with Crippen LogP contribution in [0.2, 0.25) is 0 Å². The molecule has 0 saturated carbocycles. The number of hydrazone groups is 1. The van der Waals surface area contributed by atoms with E-state index in [0.29, 0.717) is 0 Å². The Bertz CT molecular complexity index is 836. The number of hydrogen-bond acceptors (Lipinski definition) is 2. The molecule has 0 spiro atoms. The molecule has 0 amide bonds. The number of aryl methyl sites for hydroxylation is 1. The summed E-state index contributed by atoms with van der Waals surface area (Å²) in [6, 6.07) is 30.0. The van der Waals surface area contributed by atoms with Gasteiger partial charge in [0.25, 0.3) is 0 Å². The third kappa shape index (κ3) is 2.83. The van der Waals surface area contributed by atoms with Crippen molar-refractivity contribution < 1.29 is 0 Å². The van der Waals surface area contributed by atoms with Crippen LogP contribution < -0.4 is 5.01 Å². The smallest absolute Gasteiger partial charge is 0.0831 e. The molecule has 0 N–H and O–H groups in total. The highest BCUT2D eigenvalue weighted by Gasteiger charge is 2.29. The maximum Gasteiger partial charge on any atom is 0.0831 e. The molecule has 24 heavy (non-hydrogen) atoms. The first kappa shape index (κ1) is 14.7. The number of rotatable bonds is 3. The molecule has 0 saturated heterocycles. The number of hydrogen-bond donors (Lipinski definition) is 0. The van der Waals surface area contributed by atoms with Gasteiger partial charge in [0.2, 0.25) is 0 Å². The average Bonchev–Trinajstić information content (AvgIpc) is 3.09. The summed E-state index contributed by atoms with van der Waals surface area (Å²) in [6.07, 6.45) is 0.919. The van der Waals surface area contributed by atoms with Gasteiger partial charge in [0.15, 0.2) is 0 Å². The molecule has 1 atom stereocenters. The van der Waals surface area contributed by atoms with Crippen molar-refractivity contribution in [1.29, 1.82) is 0 Å². The first-order chi connectivity index (χ1) is 11.8. The molecule has 4 rings (SSSR count). The zero-order valence-corrected chi connectivity index (χ0v) is 13.8. The van der Waals surface area contributed by atoms with Gasteiger partial charge in [-0.2, -0.15) is 5.10 Å². The van der Waals surface area contributed by atoms with E-state index in [1.807, 2.05) is 6.07 Å². The van der Waals surface area contributed by atoms with Crippen LogP contribution in [0.4, 0.5) is 5.69 Å². The fourth-order valence-corrected chi connectivity index (χ4v) is 3.18. The number of benzene rings is 3. The summed E-state index contributed by atoms with van der Waals surface area (Å²) in [5, 5.41) is 7.12. The third-order valence-electron chi connectivity index (χ3n) is 4.50. The molecule has 0 unspecified atom stereocenters. The van der Waals surface area contributed by atoms with Gasteiger partial charge in [-0.15, -0.1) is 0 Å². The van der Waals surface area contributed by atoms with Crippen molar-refractivity contribution in [2.75, 3.05) is 5.01 Å². The van der Waals surface area contributed by atoms with Crippen LogP contribution in [0.25, 0.3) is 0 Å². The van der Waals surface area contributed by atoms with E-state index in [0.717, 1.165) is 17.8 Å². The summed E-state index contributed by atoms with van der Waals surface area (Å²) >= 11 is 0. The minimum absolute atomic E-state index is 0.241. The van der Waals surface area contributed by atoms with E-state index < -0.39 is 0 Å². The van der Waals surface area contributed by atoms with Crippen LogP contribution >= 0.6 is 0 Å². The van der Waals surface area contributed by atoms with Gasteiger partial charge in [0.05, 0.1) is 17.4 Å². The van der Waals surface area contributed by atoms with Gasteiger partial charge in [-0.25, -0.2) is 0 Å². The fraction of sp³-hybridized carbons (Fsp3) is 0.136. The molecule has 1 aliphatic heterocycles. The molecule has 0 aromatic heterocycles. The van der Waals surface area contributed by atoms with Crippen LogP contribution in [0.15, 0.2) is 90.0 Å². The molecule has 3 aromatic carbocycles. The largest absolute Gasteiger partial charge is 0.257 e. The van der Waals surface area contributed by atoms with Crippen LogP contribution in [0.1, 0.15) is 29.2 Å². The van der Waals surface area contributed by atoms with Gasteiger partial charge in [-0.05, 0) is 30.2 Å².